The van der Waals surface area contributed by atoms with E-state index in [0.717, 1.165) is 10.9 Å². The molecular weight excluding hydrogens is 486 g/mol. The summed E-state index contributed by atoms with van der Waals surface area (Å²) in [5.41, 5.74) is 1.06. The quantitative estimate of drug-likeness (QED) is 0.223. The van der Waals surface area contributed by atoms with E-state index in [2.05, 4.69) is 0 Å². The van der Waals surface area contributed by atoms with E-state index in [1.54, 1.807) is 0 Å². The van der Waals surface area contributed by atoms with Crippen molar-refractivity contribution in [3.8, 4) is 0 Å². The molecule has 0 aliphatic carbocycles. The second-order valence-electron chi connectivity index (χ2n) is 7.31. The van der Waals surface area contributed by atoms with Crippen LogP contribution in [0.4, 0.5) is 4.79 Å². The van der Waals surface area contributed by atoms with E-state index in [-0.39, 0.29) is 20.0 Å². The third-order valence-corrected chi connectivity index (χ3v) is 11.0. The first-order chi connectivity index (χ1) is 13.3. The second-order valence-corrected chi connectivity index (χ2v) is 13.4. The number of aliphatic hydroxyl groups is 1. The fraction of sp³-hybridized carbons (Fsp3) is 0.409. The van der Waals surface area contributed by atoms with Crippen LogP contribution in [0.25, 0.3) is 0 Å². The third kappa shape index (κ3) is 7.02. The number of aliphatic hydroxyl groups excluding tert-OH is 1. The van der Waals surface area contributed by atoms with Gasteiger partial charge in [0.1, 0.15) is 0 Å². The van der Waals surface area contributed by atoms with Gasteiger partial charge in [-0.25, -0.2) is 0 Å². The van der Waals surface area contributed by atoms with Crippen LogP contribution in [-0.2, 0) is 15.7 Å². The Hall–Kier alpha value is -1.17. The molecule has 3 unspecified atom stereocenters. The van der Waals surface area contributed by atoms with Gasteiger partial charge in [0.05, 0.1) is 0 Å². The Labute approximate surface area is 178 Å². The van der Waals surface area contributed by atoms with Gasteiger partial charge in [-0.3, -0.25) is 0 Å². The molecule has 3 atom stereocenters. The summed E-state index contributed by atoms with van der Waals surface area (Å²) in [6, 6.07) is 19.3. The molecule has 0 amide bonds. The molecule has 0 saturated carbocycles. The minimum atomic E-state index is -2.78. The van der Waals surface area contributed by atoms with Crippen LogP contribution >= 0.6 is 7.14 Å². The van der Waals surface area contributed by atoms with Crippen molar-refractivity contribution in [1.82, 2.24) is 0 Å². The number of carbonyl (C=O) groups excluding carboxylic acids is 1. The number of halogens is 1. The van der Waals surface area contributed by atoms with Crippen LogP contribution in [0, 0.1) is 5.92 Å². The molecule has 4 nitrogen and oxygen atoms in total. The summed E-state index contributed by atoms with van der Waals surface area (Å²) in [5, 5.41) is 11.9. The monoisotopic (exact) mass is 515 g/mol. The fourth-order valence-electron chi connectivity index (χ4n) is 3.24. The molecular formula is C22H29IO4P-. The van der Waals surface area contributed by atoms with Gasteiger partial charge in [0, 0.05) is 0 Å². The molecule has 0 spiro atoms. The zero-order valence-corrected chi connectivity index (χ0v) is 19.7. The maximum absolute atomic E-state index is 13.9. The molecule has 0 fully saturated rings. The molecule has 0 heterocycles. The fourth-order valence-corrected chi connectivity index (χ4v) is 9.27. The van der Waals surface area contributed by atoms with E-state index >= 15 is 0 Å². The van der Waals surface area contributed by atoms with Gasteiger partial charge in [0.25, 0.3) is 0 Å². The summed E-state index contributed by atoms with van der Waals surface area (Å²) in [5.74, 6) is 0.251. The Morgan fingerprint density at radius 2 is 1.61 bits per heavy atom. The molecule has 2 rings (SSSR count). The van der Waals surface area contributed by atoms with Crippen LogP contribution in [-0.4, -0.2) is 38.5 Å². The molecule has 2 aromatic rings. The van der Waals surface area contributed by atoms with E-state index in [4.69, 9.17) is 4.74 Å². The van der Waals surface area contributed by atoms with Gasteiger partial charge in [-0.05, 0) is 0 Å². The van der Waals surface area contributed by atoms with E-state index in [9.17, 15) is 14.5 Å². The number of alkyl halides is 1. The summed E-state index contributed by atoms with van der Waals surface area (Å²) in [7, 11) is -1.40. The molecule has 28 heavy (non-hydrogen) atoms. The Balaban J connectivity index is 2.26. The van der Waals surface area contributed by atoms with Gasteiger partial charge in [-0.2, -0.15) is 0 Å². The first kappa shape index (κ1) is 23.1. The molecule has 0 saturated heterocycles. The normalized spacial score (nSPS) is 15.8. The first-order valence-corrected chi connectivity index (χ1v) is 13.8. The van der Waals surface area contributed by atoms with Gasteiger partial charge in [-0.15, -0.1) is 0 Å². The summed E-state index contributed by atoms with van der Waals surface area (Å²) in [4.78, 5) is 12.0. The van der Waals surface area contributed by atoms with Crippen molar-refractivity contribution < 1.29 is 40.4 Å². The predicted molar refractivity (Wildman–Crippen MR) is 111 cm³/mol. The Morgan fingerprint density at radius 3 is 2.14 bits per heavy atom. The van der Waals surface area contributed by atoms with Crippen LogP contribution in [0.2, 0.25) is 0 Å². The Bertz CT molecular complexity index is 780. The van der Waals surface area contributed by atoms with E-state index < -0.39 is 34.5 Å². The summed E-state index contributed by atoms with van der Waals surface area (Å²) < 4.78 is 18.3. The van der Waals surface area contributed by atoms with Crippen LogP contribution in [0.3, 0.4) is 0 Å². The Kier molecular flexibility index (Phi) is 9.19. The number of benzene rings is 2. The second kappa shape index (κ2) is 11.1. The average molecular weight is 515 g/mol. The summed E-state index contributed by atoms with van der Waals surface area (Å²) >= 11 is -1.05. The van der Waals surface area contributed by atoms with E-state index in [0.29, 0.717) is 12.6 Å². The summed E-state index contributed by atoms with van der Waals surface area (Å²) in [6.07, 6.45) is 0.518. The van der Waals surface area contributed by atoms with Crippen molar-refractivity contribution in [2.75, 3.05) is 19.4 Å². The topological polar surface area (TPSA) is 63.6 Å². The SMILES string of the molecule is COC(=O)[I-]C(Cc1ccccc1)C(O)CP(=O)(CC(C)C)c1ccccc1. The van der Waals surface area contributed by atoms with Crippen molar-refractivity contribution in [3.63, 3.8) is 0 Å². The van der Waals surface area contributed by atoms with Crippen LogP contribution < -0.4 is 26.5 Å². The number of rotatable bonds is 10. The van der Waals surface area contributed by atoms with Crippen LogP contribution in [0.1, 0.15) is 19.4 Å². The van der Waals surface area contributed by atoms with Gasteiger partial charge in [0.15, 0.2) is 0 Å². The summed E-state index contributed by atoms with van der Waals surface area (Å²) in [6.45, 7) is 4.09. The molecule has 1 N–H and O–H groups in total. The standard InChI is InChI=1S/C22H29IO4P/c1-17(2)15-28(26,19-12-8-5-9-13-19)16-21(24)20(23-22(25)27-3)14-18-10-6-4-7-11-18/h4-13,17,20-21,24H,14-16H2,1-3H3/q-1. The first-order valence-electron chi connectivity index (χ1n) is 9.41. The number of methoxy groups -OCH3 is 1. The predicted octanol–water partition coefficient (Wildman–Crippen LogP) is 1.16. The number of ether oxygens (including phenoxy) is 1. The maximum atomic E-state index is 13.9. The number of hydrogen-bond donors (Lipinski definition) is 1. The van der Waals surface area contributed by atoms with Gasteiger partial charge >= 0.3 is 179 Å². The van der Waals surface area contributed by atoms with Gasteiger partial charge < -0.3 is 0 Å². The van der Waals surface area contributed by atoms with Gasteiger partial charge in [0.2, 0.25) is 0 Å². The number of carbonyl (C=O) groups is 1. The molecule has 0 aromatic heterocycles. The van der Waals surface area contributed by atoms with Crippen molar-refractivity contribution in [2.24, 2.45) is 5.92 Å². The van der Waals surface area contributed by atoms with Gasteiger partial charge in [-0.1, -0.05) is 0 Å². The van der Waals surface area contributed by atoms with Crippen molar-refractivity contribution in [1.29, 1.82) is 0 Å². The Morgan fingerprint density at radius 1 is 1.04 bits per heavy atom. The van der Waals surface area contributed by atoms with E-state index in [1.807, 2.05) is 74.5 Å². The van der Waals surface area contributed by atoms with Crippen molar-refractivity contribution >= 4 is 16.4 Å². The molecule has 2 aromatic carbocycles. The third-order valence-electron chi connectivity index (χ3n) is 4.45. The zero-order chi connectivity index (χ0) is 20.6. The van der Waals surface area contributed by atoms with Crippen molar-refractivity contribution in [3.05, 3.63) is 66.2 Å². The zero-order valence-electron chi connectivity index (χ0n) is 16.6. The van der Waals surface area contributed by atoms with Crippen molar-refractivity contribution in [2.45, 2.75) is 30.3 Å². The average Bonchev–Trinajstić information content (AvgIpc) is 2.68. The molecule has 0 aliphatic heterocycles. The van der Waals surface area contributed by atoms with E-state index in [1.165, 1.54) is 7.11 Å². The molecule has 0 radical (unpaired) electrons. The molecule has 154 valence electrons. The minimum absolute atomic E-state index is 0.198. The molecule has 0 aliphatic rings. The van der Waals surface area contributed by atoms with Crippen LogP contribution in [0.5, 0.6) is 0 Å². The number of hydrogen-bond acceptors (Lipinski definition) is 4. The molecule has 0 bridgehead atoms. The van der Waals surface area contributed by atoms with Crippen LogP contribution in [0.15, 0.2) is 60.7 Å². The molecule has 6 heteroatoms.